The van der Waals surface area contributed by atoms with E-state index >= 15 is 0 Å². The van der Waals surface area contributed by atoms with Crippen LogP contribution in [0.1, 0.15) is 46.0 Å². The molecule has 0 aromatic carbocycles. The lowest BCUT2D eigenvalue weighted by atomic mass is 9.79. The number of aliphatic carboxylic acids is 1. The van der Waals surface area contributed by atoms with Gasteiger partial charge in [-0.15, -0.1) is 0 Å². The Hall–Kier alpha value is -1.26. The summed E-state index contributed by atoms with van der Waals surface area (Å²) in [6.07, 6.45) is 4.24. The Morgan fingerprint density at radius 3 is 2.44 bits per heavy atom. The maximum Gasteiger partial charge on any atom is 0.326 e. The van der Waals surface area contributed by atoms with Crippen LogP contribution < -0.4 is 10.6 Å². The number of carbonyl (C=O) groups is 2. The molecule has 1 saturated carbocycles. The van der Waals surface area contributed by atoms with Crippen molar-refractivity contribution in [3.05, 3.63) is 0 Å². The molecule has 0 heterocycles. The molecule has 0 aliphatic heterocycles. The summed E-state index contributed by atoms with van der Waals surface area (Å²) >= 11 is 0. The SMILES string of the molecule is CCC[C@H](NC(=O)NC1(C)CCC1)C(=O)O. The Morgan fingerprint density at radius 1 is 1.44 bits per heavy atom. The zero-order valence-electron chi connectivity index (χ0n) is 9.88. The number of hydrogen-bond acceptors (Lipinski definition) is 2. The molecule has 0 aromatic rings. The van der Waals surface area contributed by atoms with Gasteiger partial charge in [0.1, 0.15) is 6.04 Å². The van der Waals surface area contributed by atoms with Gasteiger partial charge in [-0.05, 0) is 32.6 Å². The van der Waals surface area contributed by atoms with Crippen molar-refractivity contribution in [2.24, 2.45) is 0 Å². The first-order chi connectivity index (χ1) is 7.47. The minimum atomic E-state index is -0.976. The highest BCUT2D eigenvalue weighted by molar-refractivity contribution is 5.82. The van der Waals surface area contributed by atoms with Crippen LogP contribution in [0.5, 0.6) is 0 Å². The third-order valence-electron chi connectivity index (χ3n) is 3.05. The number of carboxylic acid groups (broad SMARTS) is 1. The summed E-state index contributed by atoms with van der Waals surface area (Å²) in [7, 11) is 0. The molecular formula is C11H20N2O3. The number of hydrogen-bond donors (Lipinski definition) is 3. The molecule has 0 bridgehead atoms. The highest BCUT2D eigenvalue weighted by atomic mass is 16.4. The molecule has 0 unspecified atom stereocenters. The number of rotatable bonds is 5. The van der Waals surface area contributed by atoms with Gasteiger partial charge in [-0.25, -0.2) is 9.59 Å². The molecular weight excluding hydrogens is 208 g/mol. The number of carboxylic acids is 1. The van der Waals surface area contributed by atoms with E-state index in [0.717, 1.165) is 25.7 Å². The molecule has 1 fully saturated rings. The summed E-state index contributed by atoms with van der Waals surface area (Å²) in [5.41, 5.74) is -0.140. The Labute approximate surface area is 95.6 Å². The van der Waals surface area contributed by atoms with Crippen molar-refractivity contribution < 1.29 is 14.7 Å². The van der Waals surface area contributed by atoms with E-state index in [0.29, 0.717) is 6.42 Å². The lowest BCUT2D eigenvalue weighted by molar-refractivity contribution is -0.139. The fourth-order valence-electron chi connectivity index (χ4n) is 1.85. The molecule has 1 atom stereocenters. The molecule has 0 spiro atoms. The van der Waals surface area contributed by atoms with E-state index in [1.807, 2.05) is 13.8 Å². The molecule has 2 amide bonds. The average molecular weight is 228 g/mol. The second-order valence-corrected chi connectivity index (χ2v) is 4.69. The molecule has 3 N–H and O–H groups in total. The fourth-order valence-corrected chi connectivity index (χ4v) is 1.85. The molecule has 5 nitrogen and oxygen atoms in total. The zero-order valence-corrected chi connectivity index (χ0v) is 9.88. The minimum Gasteiger partial charge on any atom is -0.480 e. The second kappa shape index (κ2) is 5.18. The Balaban J connectivity index is 2.39. The number of amides is 2. The summed E-state index contributed by atoms with van der Waals surface area (Å²) < 4.78 is 0. The average Bonchev–Trinajstić information content (AvgIpc) is 2.14. The van der Waals surface area contributed by atoms with E-state index in [1.54, 1.807) is 0 Å². The third-order valence-corrected chi connectivity index (χ3v) is 3.05. The van der Waals surface area contributed by atoms with Gasteiger partial charge in [0.2, 0.25) is 0 Å². The van der Waals surface area contributed by atoms with Gasteiger partial charge in [-0.1, -0.05) is 13.3 Å². The van der Waals surface area contributed by atoms with Gasteiger partial charge >= 0.3 is 12.0 Å². The number of urea groups is 1. The van der Waals surface area contributed by atoms with Crippen molar-refractivity contribution >= 4 is 12.0 Å². The van der Waals surface area contributed by atoms with Crippen molar-refractivity contribution in [3.63, 3.8) is 0 Å². The highest BCUT2D eigenvalue weighted by Gasteiger charge is 2.33. The monoisotopic (exact) mass is 228 g/mol. The van der Waals surface area contributed by atoms with Crippen LogP contribution in [-0.2, 0) is 4.79 Å². The van der Waals surface area contributed by atoms with Crippen LogP contribution in [0.2, 0.25) is 0 Å². The second-order valence-electron chi connectivity index (χ2n) is 4.69. The number of carbonyl (C=O) groups excluding carboxylic acids is 1. The van der Waals surface area contributed by atoms with Gasteiger partial charge in [0, 0.05) is 5.54 Å². The molecule has 1 aliphatic rings. The Morgan fingerprint density at radius 2 is 2.06 bits per heavy atom. The van der Waals surface area contributed by atoms with Crippen molar-refractivity contribution in [2.45, 2.75) is 57.5 Å². The van der Waals surface area contributed by atoms with Crippen LogP contribution in [-0.4, -0.2) is 28.7 Å². The quantitative estimate of drug-likeness (QED) is 0.667. The summed E-state index contributed by atoms with van der Waals surface area (Å²) in [5, 5.41) is 14.2. The van der Waals surface area contributed by atoms with Crippen LogP contribution in [0, 0.1) is 0 Å². The lowest BCUT2D eigenvalue weighted by Crippen LogP contribution is -2.56. The lowest BCUT2D eigenvalue weighted by Gasteiger charge is -2.39. The van der Waals surface area contributed by atoms with Crippen LogP contribution >= 0.6 is 0 Å². The maximum atomic E-state index is 11.6. The first-order valence-corrected chi connectivity index (χ1v) is 5.78. The first-order valence-electron chi connectivity index (χ1n) is 5.78. The summed E-state index contributed by atoms with van der Waals surface area (Å²) in [6.45, 7) is 3.87. The molecule has 16 heavy (non-hydrogen) atoms. The summed E-state index contributed by atoms with van der Waals surface area (Å²) in [5.74, 6) is -0.976. The first kappa shape index (κ1) is 12.8. The highest BCUT2D eigenvalue weighted by Crippen LogP contribution is 2.30. The molecule has 0 aromatic heterocycles. The maximum absolute atomic E-state index is 11.6. The zero-order chi connectivity index (χ0) is 12.2. The van der Waals surface area contributed by atoms with Gasteiger partial charge in [-0.3, -0.25) is 0 Å². The normalized spacial score (nSPS) is 19.4. The predicted molar refractivity (Wildman–Crippen MR) is 60.3 cm³/mol. The minimum absolute atomic E-state index is 0.140. The van der Waals surface area contributed by atoms with Gasteiger partial charge in [0.25, 0.3) is 0 Å². The van der Waals surface area contributed by atoms with Crippen LogP contribution in [0.15, 0.2) is 0 Å². The third kappa shape index (κ3) is 3.40. The van der Waals surface area contributed by atoms with Crippen LogP contribution in [0.3, 0.4) is 0 Å². The van der Waals surface area contributed by atoms with Crippen LogP contribution in [0.25, 0.3) is 0 Å². The van der Waals surface area contributed by atoms with Crippen molar-refractivity contribution in [1.29, 1.82) is 0 Å². The van der Waals surface area contributed by atoms with E-state index in [2.05, 4.69) is 10.6 Å². The molecule has 92 valence electrons. The predicted octanol–water partition coefficient (Wildman–Crippen LogP) is 1.48. The van der Waals surface area contributed by atoms with E-state index in [9.17, 15) is 9.59 Å². The van der Waals surface area contributed by atoms with E-state index in [-0.39, 0.29) is 11.6 Å². The van der Waals surface area contributed by atoms with Gasteiger partial charge in [0.05, 0.1) is 0 Å². The Kier molecular flexibility index (Phi) is 4.15. The topological polar surface area (TPSA) is 78.4 Å². The standard InChI is InChI=1S/C11H20N2O3/c1-3-5-8(9(14)15)12-10(16)13-11(2)6-4-7-11/h8H,3-7H2,1-2H3,(H,14,15)(H2,12,13,16)/t8-/m0/s1. The summed E-state index contributed by atoms with van der Waals surface area (Å²) in [6, 6.07) is -1.16. The van der Waals surface area contributed by atoms with E-state index in [1.165, 1.54) is 0 Å². The Bertz CT molecular complexity index is 274. The fraction of sp³-hybridized carbons (Fsp3) is 0.818. The van der Waals surface area contributed by atoms with Crippen LogP contribution in [0.4, 0.5) is 4.79 Å². The van der Waals surface area contributed by atoms with Gasteiger partial charge in [0.15, 0.2) is 0 Å². The summed E-state index contributed by atoms with van der Waals surface area (Å²) in [4.78, 5) is 22.4. The smallest absolute Gasteiger partial charge is 0.326 e. The largest absolute Gasteiger partial charge is 0.480 e. The molecule has 1 rings (SSSR count). The van der Waals surface area contributed by atoms with Crippen molar-refractivity contribution in [2.75, 3.05) is 0 Å². The van der Waals surface area contributed by atoms with Gasteiger partial charge in [-0.2, -0.15) is 0 Å². The molecule has 1 aliphatic carbocycles. The molecule has 5 heteroatoms. The number of nitrogens with one attached hydrogen (secondary N) is 2. The molecule has 0 saturated heterocycles. The van der Waals surface area contributed by atoms with Crippen molar-refractivity contribution in [3.8, 4) is 0 Å². The van der Waals surface area contributed by atoms with Crippen molar-refractivity contribution in [1.82, 2.24) is 10.6 Å². The van der Waals surface area contributed by atoms with Gasteiger partial charge < -0.3 is 15.7 Å². The van der Waals surface area contributed by atoms with E-state index in [4.69, 9.17) is 5.11 Å². The van der Waals surface area contributed by atoms with E-state index < -0.39 is 12.0 Å². The molecule has 0 radical (unpaired) electrons.